The minimum atomic E-state index is -0.467. The van der Waals surface area contributed by atoms with Gasteiger partial charge in [-0.2, -0.15) is 20.1 Å². The Labute approximate surface area is 200 Å². The summed E-state index contributed by atoms with van der Waals surface area (Å²) in [5, 5.41) is 30.8. The van der Waals surface area contributed by atoms with Crippen LogP contribution in [0.1, 0.15) is 16.7 Å². The van der Waals surface area contributed by atoms with Gasteiger partial charge in [0.2, 0.25) is 17.8 Å². The highest BCUT2D eigenvalue weighted by Crippen LogP contribution is 2.22. The fourth-order valence-electron chi connectivity index (χ4n) is 3.05. The monoisotopic (exact) mass is 470 g/mol. The molecule has 176 valence electrons. The van der Waals surface area contributed by atoms with Crippen LogP contribution in [0.4, 0.5) is 34.9 Å². The van der Waals surface area contributed by atoms with E-state index >= 15 is 0 Å². The Kier molecular flexibility index (Phi) is 6.77. The Morgan fingerprint density at radius 1 is 0.857 bits per heavy atom. The van der Waals surface area contributed by atoms with Gasteiger partial charge < -0.3 is 15.7 Å². The standard InChI is InChI=1S/C24H22N8O3/c1-15-6-7-19(12-16(15)2)27-23-28-22(26-18-8-10-20(11-9-18)32(34)35)29-24(30-23)31-25-14-17-4-3-5-21(33)13-17/h3-14,33H,1-2H3,(H3,26,27,28,29,30,31)/b25-14+. The molecule has 35 heavy (non-hydrogen) atoms. The van der Waals surface area contributed by atoms with Gasteiger partial charge in [0.05, 0.1) is 11.1 Å². The second kappa shape index (κ2) is 10.3. The number of phenols is 1. The summed E-state index contributed by atoms with van der Waals surface area (Å²) in [4.78, 5) is 23.5. The van der Waals surface area contributed by atoms with Gasteiger partial charge in [0.1, 0.15) is 5.75 Å². The summed E-state index contributed by atoms with van der Waals surface area (Å²) in [5.74, 6) is 0.758. The molecule has 4 N–H and O–H groups in total. The predicted molar refractivity (Wildman–Crippen MR) is 135 cm³/mol. The topological polar surface area (TPSA) is 150 Å². The molecule has 4 aromatic rings. The quantitative estimate of drug-likeness (QED) is 0.158. The van der Waals surface area contributed by atoms with E-state index in [4.69, 9.17) is 0 Å². The lowest BCUT2D eigenvalue weighted by molar-refractivity contribution is -0.384. The van der Waals surface area contributed by atoms with Crippen LogP contribution in [0.5, 0.6) is 5.75 Å². The van der Waals surface area contributed by atoms with Gasteiger partial charge >= 0.3 is 0 Å². The molecular formula is C24H22N8O3. The minimum absolute atomic E-state index is 0.0214. The van der Waals surface area contributed by atoms with Gasteiger partial charge in [-0.1, -0.05) is 18.2 Å². The van der Waals surface area contributed by atoms with Crippen molar-refractivity contribution >= 4 is 41.1 Å². The van der Waals surface area contributed by atoms with Crippen LogP contribution in [0.2, 0.25) is 0 Å². The van der Waals surface area contributed by atoms with E-state index < -0.39 is 4.92 Å². The number of non-ortho nitro benzene ring substituents is 1. The summed E-state index contributed by atoms with van der Waals surface area (Å²) in [6.45, 7) is 4.04. The number of hydrogen-bond donors (Lipinski definition) is 4. The van der Waals surface area contributed by atoms with Crippen molar-refractivity contribution in [2.45, 2.75) is 13.8 Å². The Bertz CT molecular complexity index is 1390. The zero-order chi connectivity index (χ0) is 24.8. The number of aromatic nitrogens is 3. The molecule has 0 aliphatic carbocycles. The molecule has 0 spiro atoms. The second-order valence-corrected chi connectivity index (χ2v) is 7.62. The number of benzene rings is 3. The summed E-state index contributed by atoms with van der Waals surface area (Å²) >= 11 is 0. The van der Waals surface area contributed by atoms with E-state index in [-0.39, 0.29) is 29.3 Å². The molecule has 0 atom stereocenters. The van der Waals surface area contributed by atoms with Crippen LogP contribution in [0.25, 0.3) is 0 Å². The number of nitro groups is 1. The van der Waals surface area contributed by atoms with E-state index in [2.05, 4.69) is 36.1 Å². The lowest BCUT2D eigenvalue weighted by Crippen LogP contribution is -2.07. The SMILES string of the molecule is Cc1ccc(Nc2nc(N/N=C/c3cccc(O)c3)nc(Nc3ccc([N+](=O)[O-])cc3)n2)cc1C. The smallest absolute Gasteiger partial charge is 0.269 e. The van der Waals surface area contributed by atoms with Crippen LogP contribution in [-0.4, -0.2) is 31.2 Å². The summed E-state index contributed by atoms with van der Waals surface area (Å²) in [5.41, 5.74) is 7.07. The molecule has 11 nitrogen and oxygen atoms in total. The van der Waals surface area contributed by atoms with Crippen LogP contribution >= 0.6 is 0 Å². The molecule has 11 heteroatoms. The molecule has 0 radical (unpaired) electrons. The van der Waals surface area contributed by atoms with Crippen molar-refractivity contribution in [3.05, 3.63) is 93.5 Å². The zero-order valence-corrected chi connectivity index (χ0v) is 18.9. The van der Waals surface area contributed by atoms with E-state index in [9.17, 15) is 15.2 Å². The van der Waals surface area contributed by atoms with Crippen LogP contribution in [0.15, 0.2) is 71.8 Å². The molecule has 0 unspecified atom stereocenters. The highest BCUT2D eigenvalue weighted by molar-refractivity contribution is 5.80. The van der Waals surface area contributed by atoms with Gasteiger partial charge in [-0.3, -0.25) is 10.1 Å². The maximum Gasteiger partial charge on any atom is 0.269 e. The Hall–Kier alpha value is -5.06. The third kappa shape index (κ3) is 6.26. The number of anilines is 5. The van der Waals surface area contributed by atoms with Crippen LogP contribution in [0, 0.1) is 24.0 Å². The van der Waals surface area contributed by atoms with Gasteiger partial charge in [0, 0.05) is 23.5 Å². The highest BCUT2D eigenvalue weighted by atomic mass is 16.6. The van der Waals surface area contributed by atoms with E-state index in [1.807, 2.05) is 32.0 Å². The molecule has 0 amide bonds. The first-order valence-corrected chi connectivity index (χ1v) is 10.6. The van der Waals surface area contributed by atoms with Crippen molar-refractivity contribution in [1.29, 1.82) is 0 Å². The summed E-state index contributed by atoms with van der Waals surface area (Å²) < 4.78 is 0. The molecule has 0 aliphatic rings. The second-order valence-electron chi connectivity index (χ2n) is 7.62. The fraction of sp³-hybridized carbons (Fsp3) is 0.0833. The van der Waals surface area contributed by atoms with Crippen LogP contribution < -0.4 is 16.1 Å². The van der Waals surface area contributed by atoms with Crippen molar-refractivity contribution in [2.24, 2.45) is 5.10 Å². The number of phenolic OH excluding ortho intramolecular Hbond substituents is 1. The van der Waals surface area contributed by atoms with E-state index in [1.54, 1.807) is 36.4 Å². The maximum atomic E-state index is 10.9. The first kappa shape index (κ1) is 23.1. The number of nitrogens with one attached hydrogen (secondary N) is 3. The first-order chi connectivity index (χ1) is 16.9. The van der Waals surface area contributed by atoms with E-state index in [1.165, 1.54) is 18.3 Å². The number of hydrazone groups is 1. The minimum Gasteiger partial charge on any atom is -0.508 e. The van der Waals surface area contributed by atoms with E-state index in [0.717, 1.165) is 16.8 Å². The molecule has 0 saturated carbocycles. The Morgan fingerprint density at radius 2 is 1.51 bits per heavy atom. The molecule has 1 heterocycles. The Balaban J connectivity index is 1.60. The van der Waals surface area contributed by atoms with Gasteiger partial charge in [0.15, 0.2) is 0 Å². The van der Waals surface area contributed by atoms with E-state index in [0.29, 0.717) is 11.3 Å². The van der Waals surface area contributed by atoms with Crippen LogP contribution in [-0.2, 0) is 0 Å². The van der Waals surface area contributed by atoms with Crippen molar-refractivity contribution in [3.8, 4) is 5.75 Å². The van der Waals surface area contributed by atoms with Crippen molar-refractivity contribution in [1.82, 2.24) is 15.0 Å². The predicted octanol–water partition coefficient (Wildman–Crippen LogP) is 5.04. The lowest BCUT2D eigenvalue weighted by atomic mass is 10.1. The van der Waals surface area contributed by atoms with Gasteiger partial charge in [0.25, 0.3) is 5.69 Å². The molecule has 3 aromatic carbocycles. The first-order valence-electron chi connectivity index (χ1n) is 10.6. The van der Waals surface area contributed by atoms with Crippen molar-refractivity contribution in [3.63, 3.8) is 0 Å². The number of aryl methyl sites for hydroxylation is 2. The molecule has 0 fully saturated rings. The molecule has 0 bridgehead atoms. The van der Waals surface area contributed by atoms with Gasteiger partial charge in [-0.15, -0.1) is 0 Å². The molecule has 1 aromatic heterocycles. The lowest BCUT2D eigenvalue weighted by Gasteiger charge is -2.11. The summed E-state index contributed by atoms with van der Waals surface area (Å²) in [7, 11) is 0. The molecule has 0 saturated heterocycles. The number of hydrogen-bond acceptors (Lipinski definition) is 10. The fourth-order valence-corrected chi connectivity index (χ4v) is 3.05. The largest absolute Gasteiger partial charge is 0.508 e. The van der Waals surface area contributed by atoms with Crippen LogP contribution in [0.3, 0.4) is 0 Å². The van der Waals surface area contributed by atoms with Gasteiger partial charge in [-0.05, 0) is 66.9 Å². The van der Waals surface area contributed by atoms with Gasteiger partial charge in [-0.25, -0.2) is 5.43 Å². The third-order valence-corrected chi connectivity index (χ3v) is 4.98. The molecular weight excluding hydrogens is 448 g/mol. The average molecular weight is 470 g/mol. The highest BCUT2D eigenvalue weighted by Gasteiger charge is 2.10. The zero-order valence-electron chi connectivity index (χ0n) is 18.9. The normalized spacial score (nSPS) is 10.8. The van der Waals surface area contributed by atoms with Crippen molar-refractivity contribution in [2.75, 3.05) is 16.1 Å². The average Bonchev–Trinajstić information content (AvgIpc) is 2.82. The number of nitrogens with zero attached hydrogens (tertiary/aromatic N) is 5. The van der Waals surface area contributed by atoms with Crippen molar-refractivity contribution < 1.29 is 10.0 Å². The number of rotatable bonds is 8. The third-order valence-electron chi connectivity index (χ3n) is 4.98. The molecule has 0 aliphatic heterocycles. The Morgan fingerprint density at radius 3 is 2.17 bits per heavy atom. The number of nitro benzene ring substituents is 1. The molecule has 4 rings (SSSR count). The summed E-state index contributed by atoms with van der Waals surface area (Å²) in [6, 6.07) is 18.4. The number of aromatic hydroxyl groups is 1. The maximum absolute atomic E-state index is 10.9. The summed E-state index contributed by atoms with van der Waals surface area (Å²) in [6.07, 6.45) is 1.52.